The summed E-state index contributed by atoms with van der Waals surface area (Å²) in [5.74, 6) is -0.690. The second-order valence-corrected chi connectivity index (χ2v) is 11.9. The molecule has 0 heterocycles. The minimum atomic E-state index is -4.09. The van der Waals surface area contributed by atoms with Crippen LogP contribution in [0.5, 0.6) is 0 Å². The maximum atomic E-state index is 14.2. The van der Waals surface area contributed by atoms with Crippen LogP contribution in [0.25, 0.3) is 0 Å². The molecule has 0 radical (unpaired) electrons. The molecule has 8 heteroatoms. The zero-order valence-electron chi connectivity index (χ0n) is 24.1. The fourth-order valence-corrected chi connectivity index (χ4v) is 6.09. The Bertz CT molecular complexity index is 1390. The molecule has 0 aromatic heterocycles. The van der Waals surface area contributed by atoms with Crippen molar-refractivity contribution < 1.29 is 18.0 Å². The number of amides is 2. The van der Waals surface area contributed by atoms with E-state index >= 15 is 0 Å². The van der Waals surface area contributed by atoms with Crippen molar-refractivity contribution in [3.8, 4) is 0 Å². The summed E-state index contributed by atoms with van der Waals surface area (Å²) < 4.78 is 29.2. The molecule has 0 bridgehead atoms. The van der Waals surface area contributed by atoms with Gasteiger partial charge in [-0.2, -0.15) is 0 Å². The number of nitrogens with zero attached hydrogens (tertiary/aromatic N) is 2. The Balaban J connectivity index is 2.10. The molecule has 2 amide bonds. The normalized spacial score (nSPS) is 12.8. The third-order valence-electron chi connectivity index (χ3n) is 7.24. The van der Waals surface area contributed by atoms with E-state index in [9.17, 15) is 18.0 Å². The summed E-state index contributed by atoms with van der Waals surface area (Å²) in [5, 5.41) is 3.01. The minimum absolute atomic E-state index is 0.0525. The number of benzene rings is 3. The molecule has 214 valence electrons. The van der Waals surface area contributed by atoms with E-state index in [2.05, 4.69) is 5.32 Å². The van der Waals surface area contributed by atoms with Crippen LogP contribution >= 0.6 is 0 Å². The first-order chi connectivity index (χ1) is 19.1. The lowest BCUT2D eigenvalue weighted by molar-refractivity contribution is -0.140. The Labute approximate surface area is 239 Å². The number of rotatable bonds is 13. The predicted molar refractivity (Wildman–Crippen MR) is 160 cm³/mol. The van der Waals surface area contributed by atoms with E-state index in [4.69, 9.17) is 0 Å². The van der Waals surface area contributed by atoms with Crippen molar-refractivity contribution in [3.05, 3.63) is 95.6 Å². The topological polar surface area (TPSA) is 86.8 Å². The summed E-state index contributed by atoms with van der Waals surface area (Å²) in [7, 11) is -4.09. The molecule has 2 atom stereocenters. The Morgan fingerprint density at radius 3 is 2.02 bits per heavy atom. The quantitative estimate of drug-likeness (QED) is 0.299. The van der Waals surface area contributed by atoms with Gasteiger partial charge < -0.3 is 10.2 Å². The van der Waals surface area contributed by atoms with Crippen LogP contribution in [0.1, 0.15) is 57.2 Å². The van der Waals surface area contributed by atoms with E-state index < -0.39 is 28.5 Å². The lowest BCUT2D eigenvalue weighted by atomic mass is 10.1. The number of carbonyl (C=O) groups excluding carboxylic acids is 2. The molecule has 3 aromatic rings. The fourth-order valence-electron chi connectivity index (χ4n) is 4.62. The number of aryl methyl sites for hydroxylation is 2. The van der Waals surface area contributed by atoms with E-state index in [1.165, 1.54) is 21.3 Å². The summed E-state index contributed by atoms with van der Waals surface area (Å²) in [6, 6.07) is 22.3. The molecule has 0 saturated heterocycles. The van der Waals surface area contributed by atoms with Crippen LogP contribution < -0.4 is 9.62 Å². The van der Waals surface area contributed by atoms with Crippen molar-refractivity contribution in [1.29, 1.82) is 0 Å². The molecule has 0 aliphatic heterocycles. The van der Waals surface area contributed by atoms with Crippen LogP contribution in [0.15, 0.2) is 83.8 Å². The van der Waals surface area contributed by atoms with Gasteiger partial charge in [0.1, 0.15) is 12.6 Å². The number of nitrogens with one attached hydrogen (secondary N) is 1. The first kappa shape index (κ1) is 30.9. The Hall–Kier alpha value is -3.65. The van der Waals surface area contributed by atoms with Gasteiger partial charge in [-0.05, 0) is 68.0 Å². The molecule has 0 unspecified atom stereocenters. The SMILES string of the molecule is CCc1ccccc1N(CC(=O)N(Cc1ccccc1C)[C@H](CC)C(=O)N[C@H](C)CC)S(=O)(=O)c1ccccc1. The molecule has 3 rings (SSSR count). The lowest BCUT2D eigenvalue weighted by Gasteiger charge is -2.34. The Kier molecular flexibility index (Phi) is 10.9. The first-order valence-electron chi connectivity index (χ1n) is 13.9. The Morgan fingerprint density at radius 2 is 1.43 bits per heavy atom. The van der Waals surface area contributed by atoms with Gasteiger partial charge in [-0.25, -0.2) is 8.42 Å². The first-order valence-corrected chi connectivity index (χ1v) is 15.4. The average Bonchev–Trinajstić information content (AvgIpc) is 2.96. The number of hydrogen-bond acceptors (Lipinski definition) is 4. The average molecular weight is 564 g/mol. The summed E-state index contributed by atoms with van der Waals surface area (Å²) in [6.45, 7) is 9.43. The molecule has 3 aromatic carbocycles. The van der Waals surface area contributed by atoms with Crippen molar-refractivity contribution in [3.63, 3.8) is 0 Å². The predicted octanol–water partition coefficient (Wildman–Crippen LogP) is 5.47. The van der Waals surface area contributed by atoms with E-state index in [0.29, 0.717) is 18.5 Å². The Morgan fingerprint density at radius 1 is 0.825 bits per heavy atom. The third kappa shape index (κ3) is 7.30. The zero-order valence-corrected chi connectivity index (χ0v) is 24.9. The van der Waals surface area contributed by atoms with Gasteiger partial charge in [-0.15, -0.1) is 0 Å². The number of hydrogen-bond donors (Lipinski definition) is 1. The van der Waals surface area contributed by atoms with Crippen LogP contribution in [-0.2, 0) is 32.6 Å². The van der Waals surface area contributed by atoms with Gasteiger partial charge in [-0.1, -0.05) is 81.4 Å². The number of anilines is 1. The van der Waals surface area contributed by atoms with Gasteiger partial charge in [-0.3, -0.25) is 13.9 Å². The molecule has 0 spiro atoms. The highest BCUT2D eigenvalue weighted by Crippen LogP contribution is 2.28. The second-order valence-electron chi connectivity index (χ2n) is 10.00. The highest BCUT2D eigenvalue weighted by molar-refractivity contribution is 7.92. The number of carbonyl (C=O) groups is 2. The van der Waals surface area contributed by atoms with E-state index in [1.54, 1.807) is 30.3 Å². The van der Waals surface area contributed by atoms with Gasteiger partial charge in [0.15, 0.2) is 0 Å². The molecule has 7 nitrogen and oxygen atoms in total. The smallest absolute Gasteiger partial charge is 0.264 e. The van der Waals surface area contributed by atoms with E-state index in [1.807, 2.05) is 71.0 Å². The van der Waals surface area contributed by atoms with Gasteiger partial charge in [0.25, 0.3) is 10.0 Å². The molecule has 0 aliphatic carbocycles. The molecular formula is C32H41N3O4S. The van der Waals surface area contributed by atoms with Gasteiger partial charge in [0.05, 0.1) is 10.6 Å². The summed E-state index contributed by atoms with van der Waals surface area (Å²) >= 11 is 0. The maximum Gasteiger partial charge on any atom is 0.264 e. The van der Waals surface area contributed by atoms with Crippen LogP contribution in [-0.4, -0.2) is 43.8 Å². The van der Waals surface area contributed by atoms with Crippen molar-refractivity contribution in [1.82, 2.24) is 10.2 Å². The zero-order chi connectivity index (χ0) is 29.3. The number of sulfonamides is 1. The molecular weight excluding hydrogens is 522 g/mol. The van der Waals surface area contributed by atoms with Crippen molar-refractivity contribution in [2.45, 2.75) is 77.4 Å². The molecule has 0 fully saturated rings. The fraction of sp³-hybridized carbons (Fsp3) is 0.375. The van der Waals surface area contributed by atoms with Crippen LogP contribution in [0.4, 0.5) is 5.69 Å². The molecule has 1 N–H and O–H groups in total. The van der Waals surface area contributed by atoms with Crippen molar-refractivity contribution >= 4 is 27.5 Å². The summed E-state index contributed by atoms with van der Waals surface area (Å²) in [6.07, 6.45) is 1.73. The van der Waals surface area contributed by atoms with Gasteiger partial charge >= 0.3 is 0 Å². The third-order valence-corrected chi connectivity index (χ3v) is 9.01. The van der Waals surface area contributed by atoms with Crippen molar-refractivity contribution in [2.75, 3.05) is 10.8 Å². The lowest BCUT2D eigenvalue weighted by Crippen LogP contribution is -2.53. The monoisotopic (exact) mass is 563 g/mol. The van der Waals surface area contributed by atoms with Crippen LogP contribution in [0.2, 0.25) is 0 Å². The molecule has 0 saturated carbocycles. The standard InChI is InChI=1S/C32H41N3O4S/c1-6-25(5)33-32(37)29(8-3)34(22-27-18-13-12-16-24(27)4)31(36)23-35(30-21-15-14-17-26(30)7-2)40(38,39)28-19-10-9-11-20-28/h9-21,25,29H,6-8,22-23H2,1-5H3,(H,33,37)/t25-,29-/m1/s1. The van der Waals surface area contributed by atoms with Gasteiger partial charge in [0.2, 0.25) is 11.8 Å². The maximum absolute atomic E-state index is 14.2. The molecule has 40 heavy (non-hydrogen) atoms. The highest BCUT2D eigenvalue weighted by atomic mass is 32.2. The highest BCUT2D eigenvalue weighted by Gasteiger charge is 2.34. The van der Waals surface area contributed by atoms with Crippen LogP contribution in [0, 0.1) is 6.92 Å². The number of para-hydroxylation sites is 1. The van der Waals surface area contributed by atoms with Crippen LogP contribution in [0.3, 0.4) is 0 Å². The van der Waals surface area contributed by atoms with E-state index in [-0.39, 0.29) is 23.4 Å². The molecule has 0 aliphatic rings. The second kappa shape index (κ2) is 14.1. The summed E-state index contributed by atoms with van der Waals surface area (Å²) in [5.41, 5.74) is 3.15. The van der Waals surface area contributed by atoms with E-state index in [0.717, 1.165) is 23.1 Å². The van der Waals surface area contributed by atoms with Gasteiger partial charge in [0, 0.05) is 12.6 Å². The largest absolute Gasteiger partial charge is 0.352 e. The van der Waals surface area contributed by atoms with Crippen molar-refractivity contribution in [2.24, 2.45) is 0 Å². The minimum Gasteiger partial charge on any atom is -0.352 e. The summed E-state index contributed by atoms with van der Waals surface area (Å²) in [4.78, 5) is 29.3.